The molecule has 4 rings (SSSR count). The average molecular weight is 471 g/mol. The molecule has 1 aliphatic carbocycles. The molecule has 1 heterocycles. The number of hydrogen-bond acceptors (Lipinski definition) is 5. The number of rotatable bonds is 7. The van der Waals surface area contributed by atoms with E-state index in [1.54, 1.807) is 7.11 Å². The number of benzene rings is 2. The van der Waals surface area contributed by atoms with Crippen molar-refractivity contribution in [1.82, 2.24) is 20.1 Å². The van der Waals surface area contributed by atoms with Gasteiger partial charge in [-0.25, -0.2) is 0 Å². The number of amides is 1. The maximum atomic E-state index is 12.9. The molecule has 0 spiro atoms. The monoisotopic (exact) mass is 470 g/mol. The number of aromatic nitrogens is 3. The fraction of sp³-hybridized carbons (Fsp3) is 0.375. The van der Waals surface area contributed by atoms with Crippen molar-refractivity contribution in [2.75, 3.05) is 7.11 Å². The first-order chi connectivity index (χ1) is 15.6. The molecule has 3 aromatic rings. The highest BCUT2D eigenvalue weighted by molar-refractivity contribution is 8.00. The minimum atomic E-state index is -0.308. The molecule has 1 amide bonds. The van der Waals surface area contributed by atoms with Gasteiger partial charge in [0.05, 0.1) is 23.1 Å². The van der Waals surface area contributed by atoms with Crippen LogP contribution < -0.4 is 10.1 Å². The van der Waals surface area contributed by atoms with Crippen LogP contribution in [-0.2, 0) is 4.79 Å². The van der Waals surface area contributed by atoms with Gasteiger partial charge >= 0.3 is 0 Å². The summed E-state index contributed by atoms with van der Waals surface area (Å²) in [6.07, 6.45) is 5.73. The van der Waals surface area contributed by atoms with Gasteiger partial charge in [-0.1, -0.05) is 73.0 Å². The summed E-state index contributed by atoms with van der Waals surface area (Å²) in [5.41, 5.74) is 1.74. The Morgan fingerprint density at radius 3 is 2.59 bits per heavy atom. The number of ether oxygens (including phenoxy) is 1. The molecule has 6 nitrogen and oxygen atoms in total. The van der Waals surface area contributed by atoms with Crippen molar-refractivity contribution in [2.45, 2.75) is 55.5 Å². The van der Waals surface area contributed by atoms with Crippen molar-refractivity contribution >= 4 is 29.3 Å². The largest absolute Gasteiger partial charge is 0.495 e. The lowest BCUT2D eigenvalue weighted by atomic mass is 9.95. The molecule has 1 unspecified atom stereocenters. The smallest absolute Gasteiger partial charge is 0.233 e. The lowest BCUT2D eigenvalue weighted by Crippen LogP contribution is -2.40. The van der Waals surface area contributed by atoms with E-state index in [-0.39, 0.29) is 17.2 Å². The zero-order valence-electron chi connectivity index (χ0n) is 18.3. The first-order valence-corrected chi connectivity index (χ1v) is 12.1. The van der Waals surface area contributed by atoms with Gasteiger partial charge in [-0.3, -0.25) is 9.36 Å². The second-order valence-corrected chi connectivity index (χ2v) is 9.65. The maximum absolute atomic E-state index is 12.9. The van der Waals surface area contributed by atoms with Crippen LogP contribution in [0.15, 0.2) is 53.7 Å². The summed E-state index contributed by atoms with van der Waals surface area (Å²) >= 11 is 7.81. The number of carbonyl (C=O) groups excluding carboxylic acids is 1. The zero-order valence-corrected chi connectivity index (χ0v) is 19.8. The van der Waals surface area contributed by atoms with Crippen LogP contribution in [0, 0.1) is 0 Å². The third-order valence-electron chi connectivity index (χ3n) is 5.66. The minimum absolute atomic E-state index is 0.0328. The van der Waals surface area contributed by atoms with Gasteiger partial charge in [0.15, 0.2) is 11.0 Å². The predicted molar refractivity (Wildman–Crippen MR) is 129 cm³/mol. The molecule has 1 N–H and O–H groups in total. The molecule has 32 heavy (non-hydrogen) atoms. The normalized spacial score (nSPS) is 15.3. The minimum Gasteiger partial charge on any atom is -0.495 e. The molecule has 1 saturated carbocycles. The Labute approximate surface area is 197 Å². The topological polar surface area (TPSA) is 69.0 Å². The Hall–Kier alpha value is -2.51. The van der Waals surface area contributed by atoms with Crippen LogP contribution in [0.2, 0.25) is 5.02 Å². The number of nitrogens with zero attached hydrogens (tertiary/aromatic N) is 3. The van der Waals surface area contributed by atoms with Gasteiger partial charge < -0.3 is 10.1 Å². The summed E-state index contributed by atoms with van der Waals surface area (Å²) in [7, 11) is 1.59. The Balaban J connectivity index is 1.64. The van der Waals surface area contributed by atoms with Crippen LogP contribution in [0.5, 0.6) is 5.75 Å². The van der Waals surface area contributed by atoms with Gasteiger partial charge in [-0.15, -0.1) is 10.2 Å². The van der Waals surface area contributed by atoms with Crippen molar-refractivity contribution in [3.63, 3.8) is 0 Å². The number of nitrogens with one attached hydrogen (secondary N) is 1. The molecule has 1 aliphatic rings. The second-order valence-electron chi connectivity index (χ2n) is 7.93. The quantitative estimate of drug-likeness (QED) is 0.460. The van der Waals surface area contributed by atoms with Crippen LogP contribution in [0.25, 0.3) is 17.1 Å². The average Bonchev–Trinajstić information content (AvgIpc) is 3.23. The van der Waals surface area contributed by atoms with Crippen LogP contribution in [0.4, 0.5) is 0 Å². The molecule has 1 atom stereocenters. The first kappa shape index (κ1) is 22.7. The van der Waals surface area contributed by atoms with E-state index in [2.05, 4.69) is 15.5 Å². The highest BCUT2D eigenvalue weighted by Gasteiger charge is 2.24. The van der Waals surface area contributed by atoms with E-state index >= 15 is 0 Å². The van der Waals surface area contributed by atoms with Gasteiger partial charge in [-0.05, 0) is 38.0 Å². The highest BCUT2D eigenvalue weighted by Crippen LogP contribution is 2.33. The SMILES string of the molecule is COc1ccc(-n2c(SC(C)C(=O)NC3CCCCC3)nnc2-c2ccccc2)cc1Cl. The zero-order chi connectivity index (χ0) is 22.5. The van der Waals surface area contributed by atoms with Crippen molar-refractivity contribution in [2.24, 2.45) is 0 Å². The first-order valence-electron chi connectivity index (χ1n) is 10.9. The van der Waals surface area contributed by atoms with Crippen molar-refractivity contribution in [3.05, 3.63) is 53.6 Å². The molecular weight excluding hydrogens is 444 g/mol. The summed E-state index contributed by atoms with van der Waals surface area (Å²) in [6.45, 7) is 1.91. The van der Waals surface area contributed by atoms with Gasteiger partial charge in [0.25, 0.3) is 0 Å². The molecule has 2 aromatic carbocycles. The number of methoxy groups -OCH3 is 1. The molecule has 0 bridgehead atoms. The molecule has 1 fully saturated rings. The van der Waals surface area contributed by atoms with Crippen LogP contribution in [-0.4, -0.2) is 39.1 Å². The van der Waals surface area contributed by atoms with Gasteiger partial charge in [0.2, 0.25) is 5.91 Å². The molecular formula is C24H27ClN4O2S. The van der Waals surface area contributed by atoms with E-state index in [4.69, 9.17) is 16.3 Å². The molecule has 0 saturated heterocycles. The third-order valence-corrected chi connectivity index (χ3v) is 7.00. The van der Waals surface area contributed by atoms with E-state index in [1.807, 2.05) is 60.0 Å². The molecule has 168 valence electrons. The fourth-order valence-corrected chi connectivity index (χ4v) is 5.05. The van der Waals surface area contributed by atoms with Crippen molar-refractivity contribution < 1.29 is 9.53 Å². The second kappa shape index (κ2) is 10.4. The Morgan fingerprint density at radius 2 is 1.91 bits per heavy atom. The van der Waals surface area contributed by atoms with E-state index in [0.29, 0.717) is 21.8 Å². The Morgan fingerprint density at radius 1 is 1.16 bits per heavy atom. The molecule has 8 heteroatoms. The van der Waals surface area contributed by atoms with E-state index < -0.39 is 0 Å². The standard InChI is InChI=1S/C24H27ClN4O2S/c1-16(23(30)26-18-11-7-4-8-12-18)32-24-28-27-22(17-9-5-3-6-10-17)29(24)19-13-14-21(31-2)20(25)15-19/h3,5-6,9-10,13-16,18H,4,7-8,11-12H2,1-2H3,(H,26,30). The van der Waals surface area contributed by atoms with Crippen LogP contribution in [0.1, 0.15) is 39.0 Å². The molecule has 0 radical (unpaired) electrons. The summed E-state index contributed by atoms with van der Waals surface area (Å²) in [5, 5.41) is 12.9. The molecule has 1 aromatic heterocycles. The van der Waals surface area contributed by atoms with Crippen LogP contribution in [0.3, 0.4) is 0 Å². The number of halogens is 1. The number of hydrogen-bond donors (Lipinski definition) is 1. The summed E-state index contributed by atoms with van der Waals surface area (Å²) in [6, 6.07) is 15.7. The predicted octanol–water partition coefficient (Wildman–Crippen LogP) is 5.53. The Bertz CT molecular complexity index is 1070. The van der Waals surface area contributed by atoms with Gasteiger partial charge in [0, 0.05) is 11.6 Å². The summed E-state index contributed by atoms with van der Waals surface area (Å²) in [5.74, 6) is 1.32. The Kier molecular flexibility index (Phi) is 7.37. The molecule has 0 aliphatic heterocycles. The van der Waals surface area contributed by atoms with Crippen LogP contribution >= 0.6 is 23.4 Å². The van der Waals surface area contributed by atoms with Crippen molar-refractivity contribution in [3.8, 4) is 22.8 Å². The van der Waals surface area contributed by atoms with E-state index in [0.717, 1.165) is 24.1 Å². The van der Waals surface area contributed by atoms with Gasteiger partial charge in [0.1, 0.15) is 5.75 Å². The lowest BCUT2D eigenvalue weighted by Gasteiger charge is -2.24. The van der Waals surface area contributed by atoms with Crippen molar-refractivity contribution in [1.29, 1.82) is 0 Å². The third kappa shape index (κ3) is 5.10. The van der Waals surface area contributed by atoms with E-state index in [9.17, 15) is 4.79 Å². The van der Waals surface area contributed by atoms with E-state index in [1.165, 1.54) is 31.0 Å². The highest BCUT2D eigenvalue weighted by atomic mass is 35.5. The fourth-order valence-electron chi connectivity index (χ4n) is 3.92. The number of thioether (sulfide) groups is 1. The van der Waals surface area contributed by atoms with Gasteiger partial charge in [-0.2, -0.15) is 0 Å². The summed E-state index contributed by atoms with van der Waals surface area (Å²) in [4.78, 5) is 12.9. The maximum Gasteiger partial charge on any atom is 0.233 e. The number of carbonyl (C=O) groups is 1. The summed E-state index contributed by atoms with van der Waals surface area (Å²) < 4.78 is 7.24. The lowest BCUT2D eigenvalue weighted by molar-refractivity contribution is -0.121.